The number of hydrogen-bond acceptors (Lipinski definition) is 5. The highest BCUT2D eigenvalue weighted by atomic mass is 79.9. The van der Waals surface area contributed by atoms with Gasteiger partial charge >= 0.3 is 5.97 Å². The highest BCUT2D eigenvalue weighted by Crippen LogP contribution is 2.27. The van der Waals surface area contributed by atoms with Crippen molar-refractivity contribution in [1.29, 1.82) is 0 Å². The van der Waals surface area contributed by atoms with E-state index in [1.54, 1.807) is 18.2 Å². The Morgan fingerprint density at radius 3 is 2.44 bits per heavy atom. The maximum absolute atomic E-state index is 13.3. The quantitative estimate of drug-likeness (QED) is 0.199. The largest absolute Gasteiger partial charge is 0.492 e. The molecular weight excluding hydrogens is 524 g/mol. The molecule has 0 aromatic heterocycles. The Hall–Kier alpha value is -2.09. The zero-order valence-electron chi connectivity index (χ0n) is 22.2. The van der Waals surface area contributed by atoms with Gasteiger partial charge in [-0.15, -0.1) is 0 Å². The van der Waals surface area contributed by atoms with Crippen molar-refractivity contribution in [3.8, 4) is 5.75 Å². The summed E-state index contributed by atoms with van der Waals surface area (Å²) in [5.41, 5.74) is 0.435. The molecule has 2 rings (SSSR count). The van der Waals surface area contributed by atoms with Gasteiger partial charge in [-0.2, -0.15) is 0 Å². The minimum Gasteiger partial charge on any atom is -0.492 e. The van der Waals surface area contributed by atoms with Gasteiger partial charge in [0.25, 0.3) is 5.91 Å². The summed E-state index contributed by atoms with van der Waals surface area (Å²) in [7, 11) is 0. The molecule has 36 heavy (non-hydrogen) atoms. The fraction of sp³-hybridized carbons (Fsp3) is 0.679. The molecule has 1 aromatic carbocycles. The lowest BCUT2D eigenvalue weighted by Gasteiger charge is -2.34. The lowest BCUT2D eigenvalue weighted by molar-refractivity contribution is -0.147. The molecule has 0 aliphatic carbocycles. The normalized spacial score (nSPS) is 15.6. The van der Waals surface area contributed by atoms with Gasteiger partial charge in [0.15, 0.2) is 0 Å². The third-order valence-electron chi connectivity index (χ3n) is 6.34. The van der Waals surface area contributed by atoms with Crippen LogP contribution in [0.1, 0.15) is 95.3 Å². The molecule has 1 aromatic rings. The van der Waals surface area contributed by atoms with Crippen LogP contribution in [0.3, 0.4) is 0 Å². The van der Waals surface area contributed by atoms with Gasteiger partial charge in [-0.05, 0) is 52.9 Å². The van der Waals surface area contributed by atoms with E-state index in [1.165, 1.54) is 37.0 Å². The number of nitrogens with zero attached hydrogens (tertiary/aromatic N) is 1. The second-order valence-electron chi connectivity index (χ2n) is 9.88. The van der Waals surface area contributed by atoms with Crippen molar-refractivity contribution in [1.82, 2.24) is 10.2 Å². The summed E-state index contributed by atoms with van der Waals surface area (Å²) >= 11 is 3.49. The Morgan fingerprint density at radius 1 is 1.08 bits per heavy atom. The molecule has 1 aliphatic rings. The Morgan fingerprint density at radius 2 is 1.78 bits per heavy atom. The van der Waals surface area contributed by atoms with Crippen LogP contribution < -0.4 is 10.1 Å². The summed E-state index contributed by atoms with van der Waals surface area (Å²) in [5, 5.41) is 2.76. The van der Waals surface area contributed by atoms with Crippen LogP contribution in [0.2, 0.25) is 0 Å². The van der Waals surface area contributed by atoms with Crippen LogP contribution in [-0.2, 0) is 14.3 Å². The first kappa shape index (κ1) is 30.1. The number of esters is 1. The summed E-state index contributed by atoms with van der Waals surface area (Å²) in [6, 6.07) is 4.28. The highest BCUT2D eigenvalue weighted by molar-refractivity contribution is 9.10. The Labute approximate surface area is 224 Å². The first-order chi connectivity index (χ1) is 17.3. The fourth-order valence-corrected chi connectivity index (χ4v) is 4.61. The van der Waals surface area contributed by atoms with E-state index in [2.05, 4.69) is 42.0 Å². The van der Waals surface area contributed by atoms with E-state index in [9.17, 15) is 14.4 Å². The van der Waals surface area contributed by atoms with Gasteiger partial charge in [-0.25, -0.2) is 0 Å². The average Bonchev–Trinajstić information content (AvgIpc) is 2.84. The van der Waals surface area contributed by atoms with E-state index in [0.29, 0.717) is 48.0 Å². The first-order valence-corrected chi connectivity index (χ1v) is 14.3. The van der Waals surface area contributed by atoms with Crippen molar-refractivity contribution in [2.75, 3.05) is 26.3 Å². The molecule has 1 unspecified atom stereocenters. The summed E-state index contributed by atoms with van der Waals surface area (Å²) in [6.45, 7) is 8.12. The van der Waals surface area contributed by atoms with Crippen molar-refractivity contribution in [2.45, 2.75) is 91.0 Å². The number of rotatable bonds is 16. The zero-order valence-corrected chi connectivity index (χ0v) is 23.7. The lowest BCUT2D eigenvalue weighted by Crippen LogP contribution is -2.57. The van der Waals surface area contributed by atoms with E-state index >= 15 is 0 Å². The lowest BCUT2D eigenvalue weighted by atomic mass is 10.1. The van der Waals surface area contributed by atoms with Gasteiger partial charge in [0, 0.05) is 18.7 Å². The number of carbonyl (C=O) groups is 3. The number of unbranched alkanes of at least 4 members (excludes halogenated alkanes) is 7. The van der Waals surface area contributed by atoms with Crippen LogP contribution in [0, 0.1) is 5.92 Å². The van der Waals surface area contributed by atoms with Crippen LogP contribution in [-0.4, -0.2) is 55.0 Å². The van der Waals surface area contributed by atoms with Crippen LogP contribution in [0.4, 0.5) is 0 Å². The predicted molar refractivity (Wildman–Crippen MR) is 145 cm³/mol. The smallest absolute Gasteiger partial charge is 0.308 e. The molecule has 1 heterocycles. The van der Waals surface area contributed by atoms with Crippen LogP contribution in [0.15, 0.2) is 22.7 Å². The number of piperazine rings is 1. The fourth-order valence-electron chi connectivity index (χ4n) is 4.12. The number of carbonyl (C=O) groups excluding carboxylic acids is 3. The molecule has 2 amide bonds. The third-order valence-corrected chi connectivity index (χ3v) is 6.96. The number of ether oxygens (including phenoxy) is 2. The summed E-state index contributed by atoms with van der Waals surface area (Å²) < 4.78 is 11.9. The van der Waals surface area contributed by atoms with Crippen LogP contribution in [0.25, 0.3) is 0 Å². The Balaban J connectivity index is 1.85. The number of hydrogen-bond donors (Lipinski definition) is 1. The van der Waals surface area contributed by atoms with Gasteiger partial charge in [-0.1, -0.05) is 65.7 Å². The molecule has 1 N–H and O–H groups in total. The second kappa shape index (κ2) is 16.6. The molecule has 0 saturated carbocycles. The highest BCUT2D eigenvalue weighted by Gasteiger charge is 2.35. The summed E-state index contributed by atoms with van der Waals surface area (Å²) in [5.74, 6) is 0.142. The molecule has 202 valence electrons. The van der Waals surface area contributed by atoms with Gasteiger partial charge in [0.1, 0.15) is 11.8 Å². The number of halogens is 1. The summed E-state index contributed by atoms with van der Waals surface area (Å²) in [6.07, 6.45) is 10.1. The molecule has 7 nitrogen and oxygen atoms in total. The van der Waals surface area contributed by atoms with Gasteiger partial charge < -0.3 is 19.7 Å². The van der Waals surface area contributed by atoms with Crippen molar-refractivity contribution >= 4 is 33.7 Å². The first-order valence-electron chi connectivity index (χ1n) is 13.5. The molecule has 1 fully saturated rings. The minimum atomic E-state index is -0.877. The zero-order chi connectivity index (χ0) is 26.3. The average molecular weight is 568 g/mol. The molecule has 1 atom stereocenters. The maximum atomic E-state index is 13.3. The molecule has 8 heteroatoms. The van der Waals surface area contributed by atoms with E-state index in [0.717, 1.165) is 25.7 Å². The number of amides is 2. The molecule has 0 bridgehead atoms. The van der Waals surface area contributed by atoms with Crippen LogP contribution >= 0.6 is 15.9 Å². The van der Waals surface area contributed by atoms with Gasteiger partial charge in [0.2, 0.25) is 5.91 Å². The number of nitrogens with one attached hydrogen (secondary N) is 1. The second-order valence-corrected chi connectivity index (χ2v) is 10.7. The Kier molecular flexibility index (Phi) is 13.9. The van der Waals surface area contributed by atoms with Gasteiger partial charge in [0.05, 0.1) is 24.1 Å². The van der Waals surface area contributed by atoms with E-state index in [-0.39, 0.29) is 18.2 Å². The molecule has 0 spiro atoms. The molecular formula is C28H43BrN2O5. The molecule has 0 radical (unpaired) electrons. The van der Waals surface area contributed by atoms with E-state index < -0.39 is 12.0 Å². The third kappa shape index (κ3) is 10.5. The standard InChI is InChI=1S/C28H43BrN2O5/c1-4-5-6-7-8-9-10-11-17-36-26(32)20-24-27(33)30-15-16-31(24)28(34)22-12-13-25(23(29)19-22)35-18-14-21(2)3/h12-13,19,21,24H,4-11,14-18,20H2,1-3H3,(H,30,33). The maximum Gasteiger partial charge on any atom is 0.308 e. The van der Waals surface area contributed by atoms with Crippen molar-refractivity contribution in [2.24, 2.45) is 5.92 Å². The monoisotopic (exact) mass is 566 g/mol. The molecule has 1 saturated heterocycles. The van der Waals surface area contributed by atoms with E-state index in [1.807, 2.05) is 0 Å². The van der Waals surface area contributed by atoms with Gasteiger partial charge in [-0.3, -0.25) is 14.4 Å². The topological polar surface area (TPSA) is 84.9 Å². The van der Waals surface area contributed by atoms with Crippen LogP contribution in [0.5, 0.6) is 5.75 Å². The Bertz CT molecular complexity index is 845. The van der Waals surface area contributed by atoms with Crippen molar-refractivity contribution in [3.05, 3.63) is 28.2 Å². The van der Waals surface area contributed by atoms with Crippen molar-refractivity contribution in [3.63, 3.8) is 0 Å². The SMILES string of the molecule is CCCCCCCCCCOC(=O)CC1C(=O)NCCN1C(=O)c1ccc(OCCC(C)C)c(Br)c1. The summed E-state index contributed by atoms with van der Waals surface area (Å²) in [4.78, 5) is 39.7. The number of benzene rings is 1. The minimum absolute atomic E-state index is 0.147. The predicted octanol–water partition coefficient (Wildman–Crippen LogP) is 5.89. The van der Waals surface area contributed by atoms with E-state index in [4.69, 9.17) is 9.47 Å². The van der Waals surface area contributed by atoms with Crippen molar-refractivity contribution < 1.29 is 23.9 Å². The molecule has 1 aliphatic heterocycles.